The van der Waals surface area contributed by atoms with Gasteiger partial charge in [-0.3, -0.25) is 4.79 Å². The summed E-state index contributed by atoms with van der Waals surface area (Å²) in [7, 11) is 2.98. The van der Waals surface area contributed by atoms with Crippen LogP contribution < -0.4 is 14.2 Å². The second kappa shape index (κ2) is 8.43. The summed E-state index contributed by atoms with van der Waals surface area (Å²) in [5.41, 5.74) is 1.62. The minimum Gasteiger partial charge on any atom is -0.497 e. The van der Waals surface area contributed by atoms with Crippen molar-refractivity contribution in [3.8, 4) is 34.1 Å². The zero-order valence-corrected chi connectivity index (χ0v) is 15.4. The molecule has 6 heteroatoms. The van der Waals surface area contributed by atoms with Gasteiger partial charge in [-0.05, 0) is 47.5 Å². The van der Waals surface area contributed by atoms with Gasteiger partial charge in [-0.2, -0.15) is 0 Å². The van der Waals surface area contributed by atoms with Crippen LogP contribution in [0.3, 0.4) is 0 Å². The molecule has 3 aromatic carbocycles. The fraction of sp³-hybridized carbons (Fsp3) is 0.136. The summed E-state index contributed by atoms with van der Waals surface area (Å²) in [5, 5.41) is 9.01. The molecule has 0 fully saturated rings. The first-order chi connectivity index (χ1) is 13.5. The first-order valence-corrected chi connectivity index (χ1v) is 8.50. The van der Waals surface area contributed by atoms with Crippen molar-refractivity contribution in [2.75, 3.05) is 14.2 Å². The van der Waals surface area contributed by atoms with Crippen LogP contribution in [0.1, 0.15) is 5.56 Å². The molecule has 0 atom stereocenters. The summed E-state index contributed by atoms with van der Waals surface area (Å²) in [6.45, 7) is 0. The molecule has 0 amide bonds. The molecule has 0 saturated carbocycles. The predicted octanol–water partition coefficient (Wildman–Crippen LogP) is 4.93. The molecule has 0 heterocycles. The van der Waals surface area contributed by atoms with Crippen molar-refractivity contribution < 1.29 is 28.5 Å². The Balaban J connectivity index is 1.90. The molecule has 0 aromatic heterocycles. The largest absolute Gasteiger partial charge is 0.497 e. The Labute approximate surface area is 161 Å². The first kappa shape index (κ1) is 19.2. The van der Waals surface area contributed by atoms with Crippen LogP contribution in [0.4, 0.5) is 4.39 Å². The lowest BCUT2D eigenvalue weighted by molar-refractivity contribution is -0.136. The normalized spacial score (nSPS) is 10.4. The quantitative estimate of drug-likeness (QED) is 0.628. The van der Waals surface area contributed by atoms with Gasteiger partial charge >= 0.3 is 5.97 Å². The van der Waals surface area contributed by atoms with Gasteiger partial charge in [0.2, 0.25) is 0 Å². The molecule has 0 bridgehead atoms. The van der Waals surface area contributed by atoms with Crippen molar-refractivity contribution in [3.05, 3.63) is 72.0 Å². The molecule has 3 aromatic rings. The van der Waals surface area contributed by atoms with E-state index in [2.05, 4.69) is 0 Å². The van der Waals surface area contributed by atoms with Gasteiger partial charge in [0.15, 0.2) is 0 Å². The van der Waals surface area contributed by atoms with E-state index in [9.17, 15) is 9.18 Å². The smallest absolute Gasteiger partial charge is 0.307 e. The number of carboxylic acids is 1. The second-order valence-electron chi connectivity index (χ2n) is 6.06. The van der Waals surface area contributed by atoms with Crippen molar-refractivity contribution in [2.24, 2.45) is 0 Å². The zero-order chi connectivity index (χ0) is 20.1. The van der Waals surface area contributed by atoms with E-state index in [-0.39, 0.29) is 6.42 Å². The van der Waals surface area contributed by atoms with Crippen LogP contribution in [-0.2, 0) is 11.2 Å². The van der Waals surface area contributed by atoms with Crippen LogP contribution in [0.2, 0.25) is 0 Å². The Hall–Kier alpha value is -3.54. The summed E-state index contributed by atoms with van der Waals surface area (Å²) >= 11 is 0. The van der Waals surface area contributed by atoms with Crippen molar-refractivity contribution in [1.82, 2.24) is 0 Å². The maximum Gasteiger partial charge on any atom is 0.307 e. The lowest BCUT2D eigenvalue weighted by atomic mass is 10.0. The Morgan fingerprint density at radius 2 is 1.64 bits per heavy atom. The van der Waals surface area contributed by atoms with Crippen molar-refractivity contribution in [1.29, 1.82) is 0 Å². The van der Waals surface area contributed by atoms with Crippen LogP contribution >= 0.6 is 0 Å². The Morgan fingerprint density at radius 1 is 0.893 bits per heavy atom. The molecule has 0 aliphatic heterocycles. The topological polar surface area (TPSA) is 65.0 Å². The monoisotopic (exact) mass is 382 g/mol. The van der Waals surface area contributed by atoms with Gasteiger partial charge in [0.05, 0.1) is 20.6 Å². The van der Waals surface area contributed by atoms with Gasteiger partial charge in [0.25, 0.3) is 0 Å². The number of carbonyl (C=O) groups is 1. The third-order valence-electron chi connectivity index (χ3n) is 4.09. The Kier molecular flexibility index (Phi) is 5.79. The lowest BCUT2D eigenvalue weighted by Crippen LogP contribution is -2.00. The van der Waals surface area contributed by atoms with E-state index in [1.807, 2.05) is 0 Å². The maximum absolute atomic E-state index is 14.4. The average molecular weight is 382 g/mol. The SMILES string of the molecule is COc1cc(CC(=O)O)cc(Oc2cccc(-c3ccc(OC)cc3F)c2)c1. The highest BCUT2D eigenvalue weighted by Crippen LogP contribution is 2.32. The molecule has 0 unspecified atom stereocenters. The molecule has 0 radical (unpaired) electrons. The lowest BCUT2D eigenvalue weighted by Gasteiger charge is -2.11. The van der Waals surface area contributed by atoms with E-state index in [1.165, 1.54) is 20.3 Å². The highest BCUT2D eigenvalue weighted by Gasteiger charge is 2.10. The first-order valence-electron chi connectivity index (χ1n) is 8.50. The molecule has 0 aliphatic carbocycles. The Morgan fingerprint density at radius 3 is 2.32 bits per heavy atom. The summed E-state index contributed by atoms with van der Waals surface area (Å²) < 4.78 is 30.5. The number of hydrogen-bond donors (Lipinski definition) is 1. The zero-order valence-electron chi connectivity index (χ0n) is 15.4. The molecule has 144 valence electrons. The molecule has 0 aliphatic rings. The van der Waals surface area contributed by atoms with E-state index < -0.39 is 11.8 Å². The minimum atomic E-state index is -0.948. The van der Waals surface area contributed by atoms with E-state index in [1.54, 1.807) is 54.6 Å². The summed E-state index contributed by atoms with van der Waals surface area (Å²) in [4.78, 5) is 11.0. The number of methoxy groups -OCH3 is 2. The number of rotatable bonds is 7. The summed E-state index contributed by atoms with van der Waals surface area (Å²) in [6, 6.07) is 16.6. The third kappa shape index (κ3) is 4.59. The van der Waals surface area contributed by atoms with Gasteiger partial charge in [-0.25, -0.2) is 4.39 Å². The molecule has 28 heavy (non-hydrogen) atoms. The van der Waals surface area contributed by atoms with E-state index in [4.69, 9.17) is 19.3 Å². The predicted molar refractivity (Wildman–Crippen MR) is 103 cm³/mol. The molecule has 5 nitrogen and oxygen atoms in total. The van der Waals surface area contributed by atoms with Crippen LogP contribution in [0, 0.1) is 5.82 Å². The minimum absolute atomic E-state index is 0.148. The Bertz CT molecular complexity index is 1000. The number of aliphatic carboxylic acids is 1. The molecule has 1 N–H and O–H groups in total. The highest BCUT2D eigenvalue weighted by atomic mass is 19.1. The van der Waals surface area contributed by atoms with Gasteiger partial charge in [-0.15, -0.1) is 0 Å². The summed E-state index contributed by atoms with van der Waals surface area (Å²) in [5.74, 6) is 0.505. The molecular weight excluding hydrogens is 363 g/mol. The van der Waals surface area contributed by atoms with Gasteiger partial charge < -0.3 is 19.3 Å². The van der Waals surface area contributed by atoms with E-state index in [0.717, 1.165) is 0 Å². The third-order valence-corrected chi connectivity index (χ3v) is 4.09. The maximum atomic E-state index is 14.4. The average Bonchev–Trinajstić information content (AvgIpc) is 2.67. The number of benzene rings is 3. The fourth-order valence-electron chi connectivity index (χ4n) is 2.80. The van der Waals surface area contributed by atoms with Gasteiger partial charge in [-0.1, -0.05) is 12.1 Å². The highest BCUT2D eigenvalue weighted by molar-refractivity contribution is 5.71. The molecular formula is C22H19FO5. The van der Waals surface area contributed by atoms with Crippen LogP contribution in [0.25, 0.3) is 11.1 Å². The van der Waals surface area contributed by atoms with Crippen LogP contribution in [0.15, 0.2) is 60.7 Å². The standard InChI is InChI=1S/C22H19FO5/c1-26-16-6-7-20(21(23)13-16)15-4-3-5-17(11-15)28-19-9-14(10-22(24)25)8-18(12-19)27-2/h3-9,11-13H,10H2,1-2H3,(H,24,25). The number of hydrogen-bond acceptors (Lipinski definition) is 4. The number of halogens is 1. The van der Waals surface area contributed by atoms with E-state index in [0.29, 0.717) is 39.7 Å². The molecule has 0 saturated heterocycles. The van der Waals surface area contributed by atoms with Gasteiger partial charge in [0, 0.05) is 17.7 Å². The number of ether oxygens (including phenoxy) is 3. The second-order valence-corrected chi connectivity index (χ2v) is 6.06. The van der Waals surface area contributed by atoms with Crippen LogP contribution in [0.5, 0.6) is 23.0 Å². The molecule has 0 spiro atoms. The summed E-state index contributed by atoms with van der Waals surface area (Å²) in [6.07, 6.45) is -0.148. The van der Waals surface area contributed by atoms with Gasteiger partial charge in [0.1, 0.15) is 28.8 Å². The fourth-order valence-corrected chi connectivity index (χ4v) is 2.80. The van der Waals surface area contributed by atoms with Crippen molar-refractivity contribution in [3.63, 3.8) is 0 Å². The van der Waals surface area contributed by atoms with Crippen molar-refractivity contribution >= 4 is 5.97 Å². The molecule has 3 rings (SSSR count). The van der Waals surface area contributed by atoms with E-state index >= 15 is 0 Å². The van der Waals surface area contributed by atoms with Crippen LogP contribution in [-0.4, -0.2) is 25.3 Å². The van der Waals surface area contributed by atoms with Crippen molar-refractivity contribution in [2.45, 2.75) is 6.42 Å². The number of carboxylic acid groups (broad SMARTS) is 1.